The molecule has 204 valence electrons. The molecule has 0 atom stereocenters. The zero-order valence-corrected chi connectivity index (χ0v) is 27.4. The molecule has 0 bridgehead atoms. The van der Waals surface area contributed by atoms with Crippen molar-refractivity contribution in [2.75, 3.05) is 28.4 Å². The summed E-state index contributed by atoms with van der Waals surface area (Å²) in [6.45, 7) is 0. The van der Waals surface area contributed by atoms with E-state index < -0.39 is 0 Å². The van der Waals surface area contributed by atoms with E-state index >= 15 is 0 Å². The van der Waals surface area contributed by atoms with Crippen molar-refractivity contribution in [1.82, 2.24) is 9.97 Å². The third-order valence-corrected chi connectivity index (χ3v) is 9.52. The second kappa shape index (κ2) is 12.7. The number of methoxy groups -OCH3 is 4. The van der Waals surface area contributed by atoms with Crippen LogP contribution in [-0.4, -0.2) is 38.4 Å². The average molecular weight is 747 g/mol. The Morgan fingerprint density at radius 2 is 1.00 bits per heavy atom. The Morgan fingerprint density at radius 1 is 0.575 bits per heavy atom. The van der Waals surface area contributed by atoms with Crippen molar-refractivity contribution in [3.8, 4) is 44.1 Å². The van der Waals surface area contributed by atoms with Crippen molar-refractivity contribution >= 4 is 81.6 Å². The standard InChI is InChI=1S/C15H12BrNO2S.C15H12INO2S/c2*1-18-10-5-3-9(4-6-10)15-17-14-12(16)7-11(19-2)8-13(14)20-15/h2*3-8H,1-2H3. The monoisotopic (exact) mass is 746 g/mol. The summed E-state index contributed by atoms with van der Waals surface area (Å²) >= 11 is 9.15. The first-order valence-electron chi connectivity index (χ1n) is 12.0. The minimum atomic E-state index is 0.828. The van der Waals surface area contributed by atoms with Gasteiger partial charge in [-0.25, -0.2) is 9.97 Å². The van der Waals surface area contributed by atoms with Crippen molar-refractivity contribution in [2.45, 2.75) is 0 Å². The van der Waals surface area contributed by atoms with Crippen molar-refractivity contribution in [2.24, 2.45) is 0 Å². The predicted molar refractivity (Wildman–Crippen MR) is 177 cm³/mol. The highest BCUT2D eigenvalue weighted by molar-refractivity contribution is 14.1. The largest absolute Gasteiger partial charge is 0.497 e. The Balaban J connectivity index is 0.000000161. The normalized spacial score (nSPS) is 10.8. The lowest BCUT2D eigenvalue weighted by molar-refractivity contribution is 0.415. The molecule has 0 amide bonds. The van der Waals surface area contributed by atoms with Crippen molar-refractivity contribution in [3.05, 3.63) is 80.8 Å². The van der Waals surface area contributed by atoms with Crippen molar-refractivity contribution < 1.29 is 18.9 Å². The molecule has 0 aliphatic heterocycles. The van der Waals surface area contributed by atoms with Gasteiger partial charge in [0, 0.05) is 19.2 Å². The second-order valence-electron chi connectivity index (χ2n) is 8.41. The number of nitrogens with zero attached hydrogens (tertiary/aromatic N) is 2. The number of thiazole rings is 2. The Bertz CT molecular complexity index is 1640. The van der Waals surface area contributed by atoms with E-state index in [1.54, 1.807) is 51.1 Å². The molecule has 6 aromatic rings. The van der Waals surface area contributed by atoms with Crippen LogP contribution in [0, 0.1) is 3.57 Å². The number of hydrogen-bond donors (Lipinski definition) is 0. The molecule has 6 nitrogen and oxygen atoms in total. The minimum Gasteiger partial charge on any atom is -0.497 e. The summed E-state index contributed by atoms with van der Waals surface area (Å²) in [6, 6.07) is 23.8. The quantitative estimate of drug-likeness (QED) is 0.158. The summed E-state index contributed by atoms with van der Waals surface area (Å²) in [5, 5.41) is 1.99. The lowest BCUT2D eigenvalue weighted by atomic mass is 10.2. The first-order chi connectivity index (χ1) is 19.4. The number of fused-ring (bicyclic) bond motifs is 2. The van der Waals surface area contributed by atoms with Crippen molar-refractivity contribution in [3.63, 3.8) is 0 Å². The molecule has 6 rings (SSSR count). The number of hydrogen-bond acceptors (Lipinski definition) is 8. The molecule has 0 aliphatic rings. The van der Waals surface area contributed by atoms with E-state index in [9.17, 15) is 0 Å². The van der Waals surface area contributed by atoms with Crippen molar-refractivity contribution in [1.29, 1.82) is 0 Å². The zero-order chi connectivity index (χ0) is 28.2. The summed E-state index contributed by atoms with van der Waals surface area (Å²) in [5.74, 6) is 3.39. The Kier molecular flexibility index (Phi) is 9.09. The fourth-order valence-electron chi connectivity index (χ4n) is 3.88. The molecule has 0 radical (unpaired) electrons. The summed E-state index contributed by atoms with van der Waals surface area (Å²) < 4.78 is 25.2. The summed E-state index contributed by atoms with van der Waals surface area (Å²) in [4.78, 5) is 9.42. The fourth-order valence-corrected chi connectivity index (χ4v) is 7.49. The van der Waals surface area contributed by atoms with Crippen LogP contribution in [0.25, 0.3) is 41.6 Å². The summed E-state index contributed by atoms with van der Waals surface area (Å²) in [5.41, 5.74) is 4.17. The molecule has 0 saturated heterocycles. The van der Waals surface area contributed by atoms with E-state index in [0.29, 0.717) is 0 Å². The van der Waals surface area contributed by atoms with Gasteiger partial charge in [0.05, 0.1) is 48.9 Å². The van der Waals surface area contributed by atoms with E-state index in [0.717, 1.165) is 72.6 Å². The first-order valence-corrected chi connectivity index (χ1v) is 15.5. The van der Waals surface area contributed by atoms with Crippen LogP contribution < -0.4 is 18.9 Å². The third kappa shape index (κ3) is 6.19. The zero-order valence-electron chi connectivity index (χ0n) is 22.0. The number of benzene rings is 4. The summed E-state index contributed by atoms with van der Waals surface area (Å²) in [7, 11) is 6.68. The van der Waals surface area contributed by atoms with Crippen LogP contribution in [0.15, 0.2) is 77.3 Å². The van der Waals surface area contributed by atoms with Gasteiger partial charge in [0.1, 0.15) is 33.0 Å². The molecule has 0 aliphatic carbocycles. The van der Waals surface area contributed by atoms with Crippen LogP contribution in [-0.2, 0) is 0 Å². The van der Waals surface area contributed by atoms with Gasteiger partial charge in [-0.15, -0.1) is 22.7 Å². The van der Waals surface area contributed by atoms with Gasteiger partial charge in [-0.2, -0.15) is 0 Å². The molecule has 0 unspecified atom stereocenters. The molecular weight excluding hydrogens is 723 g/mol. The molecule has 0 spiro atoms. The molecule has 0 fully saturated rings. The SMILES string of the molecule is COc1ccc(-c2nc3c(Br)cc(OC)cc3s2)cc1.COc1ccc(-c2nc3c(I)cc(OC)cc3s2)cc1. The van der Waals surface area contributed by atoms with Gasteiger partial charge >= 0.3 is 0 Å². The number of ether oxygens (including phenoxy) is 4. The average Bonchev–Trinajstić information content (AvgIpc) is 3.63. The van der Waals surface area contributed by atoms with E-state index in [1.807, 2.05) is 72.8 Å². The van der Waals surface area contributed by atoms with Gasteiger partial charge in [-0.3, -0.25) is 0 Å². The highest BCUT2D eigenvalue weighted by Crippen LogP contribution is 2.37. The van der Waals surface area contributed by atoms with E-state index in [4.69, 9.17) is 23.9 Å². The van der Waals surface area contributed by atoms with Crippen LogP contribution in [0.5, 0.6) is 23.0 Å². The van der Waals surface area contributed by atoms with Gasteiger partial charge in [0.25, 0.3) is 0 Å². The smallest absolute Gasteiger partial charge is 0.124 e. The van der Waals surface area contributed by atoms with E-state index in [2.05, 4.69) is 43.5 Å². The van der Waals surface area contributed by atoms with Gasteiger partial charge < -0.3 is 18.9 Å². The van der Waals surface area contributed by atoms with Gasteiger partial charge in [0.15, 0.2) is 0 Å². The Hall–Kier alpha value is -2.93. The molecule has 2 aromatic heterocycles. The lowest BCUT2D eigenvalue weighted by Gasteiger charge is -2.00. The molecule has 4 aromatic carbocycles. The van der Waals surface area contributed by atoms with Gasteiger partial charge in [0.2, 0.25) is 0 Å². The maximum absolute atomic E-state index is 5.31. The number of halogens is 2. The molecule has 40 heavy (non-hydrogen) atoms. The number of rotatable bonds is 6. The van der Waals surface area contributed by atoms with E-state index in [1.165, 1.54) is 0 Å². The second-order valence-corrected chi connectivity index (χ2v) is 12.5. The predicted octanol–water partition coefficient (Wildman–Crippen LogP) is 9.33. The lowest BCUT2D eigenvalue weighted by Crippen LogP contribution is -1.84. The topological polar surface area (TPSA) is 62.7 Å². The third-order valence-electron chi connectivity index (χ3n) is 5.99. The molecular formula is C30H24BrIN2O4S2. The maximum Gasteiger partial charge on any atom is 0.124 e. The first kappa shape index (κ1) is 28.6. The van der Waals surface area contributed by atoms with Gasteiger partial charge in [-0.05, 0) is 111 Å². The highest BCUT2D eigenvalue weighted by atomic mass is 127. The highest BCUT2D eigenvalue weighted by Gasteiger charge is 2.12. The molecule has 0 N–H and O–H groups in total. The van der Waals surface area contributed by atoms with Crippen LogP contribution in [0.3, 0.4) is 0 Å². The van der Waals surface area contributed by atoms with Gasteiger partial charge in [-0.1, -0.05) is 0 Å². The van der Waals surface area contributed by atoms with Crippen LogP contribution >= 0.6 is 61.2 Å². The molecule has 0 saturated carbocycles. The van der Waals surface area contributed by atoms with Crippen LogP contribution in [0.4, 0.5) is 0 Å². The Labute approximate surface area is 262 Å². The fraction of sp³-hybridized carbons (Fsp3) is 0.133. The van der Waals surface area contributed by atoms with E-state index in [-0.39, 0.29) is 0 Å². The maximum atomic E-state index is 5.31. The van der Waals surface area contributed by atoms with Crippen LogP contribution in [0.1, 0.15) is 0 Å². The van der Waals surface area contributed by atoms with Crippen LogP contribution in [0.2, 0.25) is 0 Å². The molecule has 10 heteroatoms. The number of aromatic nitrogens is 2. The Morgan fingerprint density at radius 3 is 1.48 bits per heavy atom. The molecule has 2 heterocycles. The minimum absolute atomic E-state index is 0.828. The summed E-state index contributed by atoms with van der Waals surface area (Å²) in [6.07, 6.45) is 0.